The van der Waals surface area contributed by atoms with Crippen LogP contribution in [0.2, 0.25) is 0 Å². The SMILES string of the molecule is CCCC[N+](CCCC)(CCCC)CCCC.CSOOO.O=[P+]([O-])OO.[2H]C([2H])([2H])[C@]1(C)[C@H](C)C(=O)N1O.[2H]C([2H])([2H])[C@]1(C)[C@H](C)C(=O)N1OS(=O)(=O)O.[2H]C([2H])([2H])[C@]1(C)[C@H](C)C(=O)N1OS(=O)(=O)[O-].[2H]C([2H])([2H])[C@]1(C)[C@H](N)C(=O)N1OS(=O)(=O)O.[H-].[K+].c1ccncc1. The van der Waals surface area contributed by atoms with Gasteiger partial charge in [0.05, 0.1) is 66.1 Å². The predicted octanol–water partition coefficient (Wildman–Crippen LogP) is 2.30. The molecule has 0 aliphatic carbocycles. The summed E-state index contributed by atoms with van der Waals surface area (Å²) in [4.78, 5) is 57.2. The van der Waals surface area contributed by atoms with E-state index >= 15 is 0 Å². The number of hydrogen-bond acceptors (Lipinski definition) is 25. The molecule has 4 amide bonds. The number of nitrogens with two attached hydrogens (primary N) is 1. The van der Waals surface area contributed by atoms with E-state index in [9.17, 15) is 49.0 Å². The van der Waals surface area contributed by atoms with Crippen LogP contribution in [0.1, 0.15) is 173 Å². The summed E-state index contributed by atoms with van der Waals surface area (Å²) >= 11 is 0.929. The van der Waals surface area contributed by atoms with Gasteiger partial charge in [0, 0.05) is 51.8 Å². The number of aromatic nitrogens is 1. The molecule has 5 heterocycles. The van der Waals surface area contributed by atoms with Crippen LogP contribution < -0.4 is 62.0 Å². The van der Waals surface area contributed by atoms with Gasteiger partial charge in [0.2, 0.25) is 10.4 Å². The van der Waals surface area contributed by atoms with Crippen molar-refractivity contribution in [1.29, 1.82) is 0 Å². The molecule has 37 heteroatoms. The first-order valence-corrected chi connectivity index (χ1v) is 30.7. The summed E-state index contributed by atoms with van der Waals surface area (Å²) in [6, 6.07) is 4.30. The van der Waals surface area contributed by atoms with Crippen molar-refractivity contribution in [2.75, 3.05) is 32.4 Å². The molecule has 0 saturated carbocycles. The van der Waals surface area contributed by atoms with Gasteiger partial charge >= 0.3 is 80.4 Å². The Balaban J connectivity index is -0.000000334. The number of amides is 4. The molecule has 0 spiro atoms. The first-order valence-electron chi connectivity index (χ1n) is 30.4. The number of nitrogens with zero attached hydrogens (tertiary/aromatic N) is 6. The van der Waals surface area contributed by atoms with Crippen LogP contribution >= 0.6 is 20.3 Å². The van der Waals surface area contributed by atoms with Crippen LogP contribution in [0, 0.1) is 17.8 Å². The second-order valence-corrected chi connectivity index (χ2v) is 22.6. The number of carbonyl (C=O) groups is 4. The van der Waals surface area contributed by atoms with Gasteiger partial charge in [-0.25, -0.2) is 24.0 Å². The number of pyridine rings is 1. The molecule has 0 aromatic carbocycles. The molecule has 1 unspecified atom stereocenters. The maximum absolute atomic E-state index is 11.3. The summed E-state index contributed by atoms with van der Waals surface area (Å²) in [6.45, 7) is 13.5. The predicted molar refractivity (Wildman–Crippen MR) is 291 cm³/mol. The molecule has 4 aliphatic heterocycles. The molecule has 0 radical (unpaired) electrons. The first kappa shape index (κ1) is 64.8. The zero-order valence-corrected chi connectivity index (χ0v) is 55.3. The monoisotopic (exact) mass is 1320 g/mol. The molecular weight excluding hydrogens is 1220 g/mol. The van der Waals surface area contributed by atoms with Gasteiger partial charge in [0.15, 0.2) is 0 Å². The molecular formula is C45H89KN7O24PS4. The van der Waals surface area contributed by atoms with Crippen molar-refractivity contribution < 1.29 is 184 Å². The minimum absolute atomic E-state index is 0. The number of unbranched alkanes of at least 4 members (excludes halogenated alkanes) is 4. The molecule has 4 saturated heterocycles. The fourth-order valence-electron chi connectivity index (χ4n) is 6.55. The Morgan fingerprint density at radius 1 is 0.683 bits per heavy atom. The van der Waals surface area contributed by atoms with Crippen LogP contribution in [0.25, 0.3) is 0 Å². The summed E-state index contributed by atoms with van der Waals surface area (Å²) in [5.74, 6) is -5.72. The second kappa shape index (κ2) is 40.0. The standard InChI is InChI=1S/C16H36N.2C6H11NO5S.C6H11NO2.C5H10N2O5S.C5H5N.CH4O3S.K.HO4P.H/c1-5-9-13-17(14-10-6-2,15-11-7-3)16-12-8-4;2*1-4-5(8)7(6(4,2)3)12-13(9,10)11;1-4-5(8)7(9)6(4,2)3;1-5(2)3(6)4(8)7(5)12-13(9,10)11;1-2-4-6-5-3-1;1-5-4-3-2;;1-4-5(2)3;/h5-16H2,1-4H3;2*4H,1-3H3,(H,9,10,11);4,9H,1-3H3;3H,6H2,1-2H3,(H,9,10,11);1-5H;2H,1H3;;1H;/q+1;;;;;;;+1;;-1/p-1/t;3*4-;3-;;;;;/m.1111...../s1/i;3*2D3;1D3;;;;;/t;3*4-,6+;3-,5+;;;;;. The average molecular weight is 1320 g/mol. The van der Waals surface area contributed by atoms with Crippen LogP contribution in [0.15, 0.2) is 30.6 Å². The third-order valence-corrected chi connectivity index (χ3v) is 13.5. The van der Waals surface area contributed by atoms with Crippen molar-refractivity contribution in [3.05, 3.63) is 30.6 Å². The molecule has 31 nitrogen and oxygen atoms in total. The molecule has 4 aliphatic rings. The largest absolute Gasteiger partial charge is 1.00 e. The van der Waals surface area contributed by atoms with Gasteiger partial charge in [-0.15, -0.1) is 12.9 Å². The summed E-state index contributed by atoms with van der Waals surface area (Å²) in [5.41, 5.74) is -1.68. The summed E-state index contributed by atoms with van der Waals surface area (Å²) in [5, 5.41) is 27.3. The van der Waals surface area contributed by atoms with E-state index in [0.29, 0.717) is 5.06 Å². The van der Waals surface area contributed by atoms with E-state index in [0.717, 1.165) is 32.8 Å². The van der Waals surface area contributed by atoms with Crippen LogP contribution in [-0.4, -0.2) is 169 Å². The molecule has 478 valence electrons. The molecule has 1 aromatic rings. The van der Waals surface area contributed by atoms with Crippen molar-refractivity contribution in [3.63, 3.8) is 0 Å². The minimum Gasteiger partial charge on any atom is -1.00 e. The van der Waals surface area contributed by atoms with Gasteiger partial charge in [0.25, 0.3) is 23.6 Å². The fourth-order valence-corrected chi connectivity index (χ4v) is 7.85. The Morgan fingerprint density at radius 2 is 1.01 bits per heavy atom. The van der Waals surface area contributed by atoms with Crippen LogP contribution in [0.5, 0.6) is 0 Å². The van der Waals surface area contributed by atoms with Crippen LogP contribution in [0.4, 0.5) is 0 Å². The van der Waals surface area contributed by atoms with Crippen molar-refractivity contribution in [2.24, 2.45) is 23.5 Å². The van der Waals surface area contributed by atoms with Crippen molar-refractivity contribution in [3.8, 4) is 0 Å². The maximum Gasteiger partial charge on any atom is 1.00 e. The average Bonchev–Trinajstić information content (AvgIpc) is 0.742. The zero-order valence-electron chi connectivity index (χ0n) is 61.0. The third-order valence-electron chi connectivity index (χ3n) is 12.2. The molecule has 4 fully saturated rings. The Morgan fingerprint density at radius 3 is 1.22 bits per heavy atom. The Kier molecular flexibility index (Phi) is 31.6. The van der Waals surface area contributed by atoms with E-state index in [2.05, 4.69) is 59.6 Å². The Labute approximate surface area is 550 Å². The van der Waals surface area contributed by atoms with Crippen molar-refractivity contribution in [2.45, 2.75) is 183 Å². The molecule has 82 heavy (non-hydrogen) atoms. The number of rotatable bonds is 21. The molecule has 7 N–H and O–H groups in total. The number of β-lactam (4-membered cyclic amide) rings is 4. The van der Waals surface area contributed by atoms with E-state index in [4.69, 9.17) is 56.5 Å². The molecule has 1 aromatic heterocycles. The van der Waals surface area contributed by atoms with Gasteiger partial charge in [0.1, 0.15) is 6.04 Å². The second-order valence-electron chi connectivity index (χ2n) is 18.6. The number of hydroxylamine groups is 8. The van der Waals surface area contributed by atoms with Gasteiger partial charge in [-0.3, -0.25) is 38.5 Å². The Hall–Kier alpha value is -1.63. The fraction of sp³-hybridized carbons (Fsp3) is 0.800. The van der Waals surface area contributed by atoms with E-state index in [1.165, 1.54) is 110 Å². The Bertz CT molecular complexity index is 2590. The normalized spacial score (nSPS) is 28.2. The summed E-state index contributed by atoms with van der Waals surface area (Å²) in [7, 11) is -18.1. The van der Waals surface area contributed by atoms with Crippen LogP contribution in [-0.2, 0) is 81.8 Å². The minimum atomic E-state index is -5.17. The van der Waals surface area contributed by atoms with Crippen molar-refractivity contribution in [1.82, 2.24) is 25.2 Å². The molecule has 5 rings (SSSR count). The number of carbonyl (C=O) groups excluding carboxylic acids is 4. The smallest absolute Gasteiger partial charge is 1.00 e. The number of quaternary nitrogens is 1. The third kappa shape index (κ3) is 30.8. The van der Waals surface area contributed by atoms with E-state index < -0.39 is 136 Å². The van der Waals surface area contributed by atoms with Gasteiger partial charge in [-0.2, -0.15) is 36.3 Å². The number of hydrogen-bond donors (Lipinski definition) is 6. The maximum atomic E-state index is 11.3. The first-order chi connectivity index (χ1) is 41.9. The van der Waals surface area contributed by atoms with Gasteiger partial charge in [-0.1, -0.05) is 85.3 Å². The van der Waals surface area contributed by atoms with Crippen LogP contribution in [0.3, 0.4) is 0 Å². The van der Waals surface area contributed by atoms with E-state index in [1.807, 2.05) is 18.2 Å². The van der Waals surface area contributed by atoms with Gasteiger partial charge in [-0.05, 0) is 97.5 Å². The molecule has 9 atom stereocenters. The topological polar surface area (TPSA) is 442 Å². The van der Waals surface area contributed by atoms with Crippen molar-refractivity contribution >= 4 is 75.1 Å². The zero-order chi connectivity index (χ0) is 74.2. The summed E-state index contributed by atoms with van der Waals surface area (Å²) < 4.78 is 204. The van der Waals surface area contributed by atoms with Gasteiger partial charge < -0.3 is 21.1 Å². The van der Waals surface area contributed by atoms with E-state index in [-0.39, 0.29) is 68.0 Å². The molecule has 0 bridgehead atoms. The summed E-state index contributed by atoms with van der Waals surface area (Å²) in [6.07, 6.45) is 16.2. The van der Waals surface area contributed by atoms with E-state index in [1.54, 1.807) is 18.6 Å². The quantitative estimate of drug-likeness (QED) is 0.00982.